The number of benzene rings is 1. The summed E-state index contributed by atoms with van der Waals surface area (Å²) in [6, 6.07) is 6.68. The number of hydrogen-bond acceptors (Lipinski definition) is 3. The zero-order chi connectivity index (χ0) is 14.5. The third-order valence-corrected chi connectivity index (χ3v) is 4.23. The van der Waals surface area contributed by atoms with E-state index >= 15 is 0 Å². The number of nitriles is 1. The molecule has 0 aliphatic carbocycles. The lowest BCUT2D eigenvalue weighted by molar-refractivity contribution is 0.168. The molecule has 1 aromatic carbocycles. The Labute approximate surface area is 122 Å². The molecular weight excluding hydrogens is 248 g/mol. The fraction of sp³-hybridized carbons (Fsp3) is 0.588. The Kier molecular flexibility index (Phi) is 5.03. The van der Waals surface area contributed by atoms with Gasteiger partial charge in [-0.25, -0.2) is 0 Å². The van der Waals surface area contributed by atoms with Gasteiger partial charge in [-0.1, -0.05) is 6.07 Å². The third-order valence-electron chi connectivity index (χ3n) is 4.23. The summed E-state index contributed by atoms with van der Waals surface area (Å²) in [5.41, 5.74) is 3.80. The Balaban J connectivity index is 1.79. The van der Waals surface area contributed by atoms with E-state index in [4.69, 9.17) is 10.00 Å². The first kappa shape index (κ1) is 14.9. The van der Waals surface area contributed by atoms with E-state index in [2.05, 4.69) is 43.9 Å². The number of aryl methyl sites for hydroxylation is 3. The molecular formula is C17H24N2O. The van der Waals surface area contributed by atoms with Crippen LogP contribution in [0.1, 0.15) is 29.5 Å². The molecule has 1 aliphatic rings. The van der Waals surface area contributed by atoms with Crippen molar-refractivity contribution in [3.05, 3.63) is 28.8 Å². The molecule has 1 heterocycles. The fourth-order valence-corrected chi connectivity index (χ4v) is 2.66. The minimum Gasteiger partial charge on any atom is -0.492 e. The van der Waals surface area contributed by atoms with Gasteiger partial charge in [0, 0.05) is 12.5 Å². The number of hydrogen-bond donors (Lipinski definition) is 0. The summed E-state index contributed by atoms with van der Waals surface area (Å²) in [6.07, 6.45) is 2.00. The highest BCUT2D eigenvalue weighted by Gasteiger charge is 2.18. The van der Waals surface area contributed by atoms with Crippen LogP contribution in [-0.4, -0.2) is 31.1 Å². The highest BCUT2D eigenvalue weighted by atomic mass is 16.5. The summed E-state index contributed by atoms with van der Waals surface area (Å²) in [5, 5.41) is 8.89. The maximum absolute atomic E-state index is 8.89. The first-order chi connectivity index (χ1) is 9.60. The van der Waals surface area contributed by atoms with Crippen molar-refractivity contribution >= 4 is 0 Å². The maximum Gasteiger partial charge on any atom is 0.122 e. The van der Waals surface area contributed by atoms with Crippen molar-refractivity contribution in [3.8, 4) is 11.8 Å². The Morgan fingerprint density at radius 3 is 2.45 bits per heavy atom. The Bertz CT molecular complexity index is 496. The standard InChI is InChI=1S/C17H24N2O/c1-13-10-15(3)17(11-14(13)2)20-9-8-19-6-4-16(12-18)5-7-19/h10-11,16H,4-9H2,1-3H3. The van der Waals surface area contributed by atoms with Gasteiger partial charge in [-0.05, 0) is 69.5 Å². The normalized spacial score (nSPS) is 16.9. The summed E-state index contributed by atoms with van der Waals surface area (Å²) in [5.74, 6) is 1.26. The van der Waals surface area contributed by atoms with E-state index in [1.165, 1.54) is 16.7 Å². The third kappa shape index (κ3) is 3.74. The molecule has 108 valence electrons. The topological polar surface area (TPSA) is 36.3 Å². The summed E-state index contributed by atoms with van der Waals surface area (Å²) >= 11 is 0. The van der Waals surface area contributed by atoms with E-state index in [1.54, 1.807) is 0 Å². The lowest BCUT2D eigenvalue weighted by Gasteiger charge is -2.28. The van der Waals surface area contributed by atoms with Gasteiger partial charge < -0.3 is 4.74 Å². The summed E-state index contributed by atoms with van der Waals surface area (Å²) < 4.78 is 5.92. The highest BCUT2D eigenvalue weighted by molar-refractivity contribution is 5.40. The van der Waals surface area contributed by atoms with Crippen LogP contribution in [0.15, 0.2) is 12.1 Å². The van der Waals surface area contributed by atoms with Crippen LogP contribution < -0.4 is 4.74 Å². The summed E-state index contributed by atoms with van der Waals surface area (Å²) in [4.78, 5) is 2.39. The molecule has 0 saturated carbocycles. The van der Waals surface area contributed by atoms with Gasteiger partial charge in [0.15, 0.2) is 0 Å². The van der Waals surface area contributed by atoms with Crippen LogP contribution in [0.25, 0.3) is 0 Å². The van der Waals surface area contributed by atoms with E-state index in [0.717, 1.165) is 44.8 Å². The van der Waals surface area contributed by atoms with Gasteiger partial charge in [0.2, 0.25) is 0 Å². The molecule has 0 amide bonds. The van der Waals surface area contributed by atoms with Crippen molar-refractivity contribution in [2.24, 2.45) is 5.92 Å². The second-order valence-corrected chi connectivity index (χ2v) is 5.80. The Morgan fingerprint density at radius 1 is 1.15 bits per heavy atom. The van der Waals surface area contributed by atoms with Gasteiger partial charge >= 0.3 is 0 Å². The van der Waals surface area contributed by atoms with E-state index in [1.807, 2.05) is 0 Å². The quantitative estimate of drug-likeness (QED) is 0.844. The molecule has 0 aromatic heterocycles. The Morgan fingerprint density at radius 2 is 1.80 bits per heavy atom. The average Bonchev–Trinajstić information content (AvgIpc) is 2.45. The van der Waals surface area contributed by atoms with Gasteiger partial charge in [-0.15, -0.1) is 0 Å². The SMILES string of the molecule is Cc1cc(C)c(OCCN2CCC(C#N)CC2)cc1C. The van der Waals surface area contributed by atoms with E-state index < -0.39 is 0 Å². The van der Waals surface area contributed by atoms with Crippen molar-refractivity contribution in [3.63, 3.8) is 0 Å². The fourth-order valence-electron chi connectivity index (χ4n) is 2.66. The molecule has 1 aromatic rings. The lowest BCUT2D eigenvalue weighted by atomic mass is 9.99. The van der Waals surface area contributed by atoms with Crippen molar-refractivity contribution in [2.45, 2.75) is 33.6 Å². The molecule has 1 aliphatic heterocycles. The second-order valence-electron chi connectivity index (χ2n) is 5.80. The molecule has 0 radical (unpaired) electrons. The van der Waals surface area contributed by atoms with Gasteiger partial charge in [0.25, 0.3) is 0 Å². The smallest absolute Gasteiger partial charge is 0.122 e. The van der Waals surface area contributed by atoms with Crippen molar-refractivity contribution < 1.29 is 4.74 Å². The molecule has 0 atom stereocenters. The summed E-state index contributed by atoms with van der Waals surface area (Å²) in [7, 11) is 0. The van der Waals surface area contributed by atoms with Crippen LogP contribution in [0.5, 0.6) is 5.75 Å². The van der Waals surface area contributed by atoms with E-state index in [0.29, 0.717) is 0 Å². The number of rotatable bonds is 4. The number of ether oxygens (including phenoxy) is 1. The molecule has 0 spiro atoms. The molecule has 1 saturated heterocycles. The van der Waals surface area contributed by atoms with Crippen LogP contribution in [0.3, 0.4) is 0 Å². The molecule has 0 N–H and O–H groups in total. The predicted molar refractivity (Wildman–Crippen MR) is 80.9 cm³/mol. The van der Waals surface area contributed by atoms with Gasteiger partial charge in [0.05, 0.1) is 6.07 Å². The van der Waals surface area contributed by atoms with Crippen LogP contribution in [-0.2, 0) is 0 Å². The molecule has 3 heteroatoms. The van der Waals surface area contributed by atoms with Crippen molar-refractivity contribution in [1.29, 1.82) is 5.26 Å². The minimum absolute atomic E-state index is 0.258. The van der Waals surface area contributed by atoms with Gasteiger partial charge in [-0.3, -0.25) is 4.90 Å². The average molecular weight is 272 g/mol. The molecule has 1 fully saturated rings. The largest absolute Gasteiger partial charge is 0.492 e. The van der Waals surface area contributed by atoms with Crippen LogP contribution in [0.4, 0.5) is 0 Å². The van der Waals surface area contributed by atoms with Crippen LogP contribution in [0, 0.1) is 38.0 Å². The van der Waals surface area contributed by atoms with Crippen molar-refractivity contribution in [1.82, 2.24) is 4.90 Å². The molecule has 0 bridgehead atoms. The van der Waals surface area contributed by atoms with E-state index in [9.17, 15) is 0 Å². The minimum atomic E-state index is 0.258. The van der Waals surface area contributed by atoms with Gasteiger partial charge in [-0.2, -0.15) is 5.26 Å². The molecule has 2 rings (SSSR count). The Hall–Kier alpha value is -1.53. The number of nitrogens with zero attached hydrogens (tertiary/aromatic N) is 2. The number of piperidine rings is 1. The zero-order valence-corrected chi connectivity index (χ0v) is 12.8. The molecule has 20 heavy (non-hydrogen) atoms. The summed E-state index contributed by atoms with van der Waals surface area (Å²) in [6.45, 7) is 10.1. The van der Waals surface area contributed by atoms with Gasteiger partial charge in [0.1, 0.15) is 12.4 Å². The lowest BCUT2D eigenvalue weighted by Crippen LogP contribution is -2.36. The van der Waals surface area contributed by atoms with Crippen LogP contribution >= 0.6 is 0 Å². The first-order valence-corrected chi connectivity index (χ1v) is 7.42. The molecule has 0 unspecified atom stereocenters. The second kappa shape index (κ2) is 6.76. The maximum atomic E-state index is 8.89. The number of likely N-dealkylation sites (tertiary alicyclic amines) is 1. The predicted octanol–water partition coefficient (Wildman–Crippen LogP) is 3.23. The van der Waals surface area contributed by atoms with Crippen molar-refractivity contribution in [2.75, 3.05) is 26.2 Å². The van der Waals surface area contributed by atoms with Crippen LogP contribution in [0.2, 0.25) is 0 Å². The monoisotopic (exact) mass is 272 g/mol. The zero-order valence-electron chi connectivity index (χ0n) is 12.8. The molecule has 3 nitrogen and oxygen atoms in total. The first-order valence-electron chi connectivity index (χ1n) is 7.42. The highest BCUT2D eigenvalue weighted by Crippen LogP contribution is 2.22. The van der Waals surface area contributed by atoms with E-state index in [-0.39, 0.29) is 5.92 Å².